The molecule has 3 aliphatic rings. The summed E-state index contributed by atoms with van der Waals surface area (Å²) in [7, 11) is 0. The lowest BCUT2D eigenvalue weighted by molar-refractivity contribution is -0.379. The van der Waals surface area contributed by atoms with Gasteiger partial charge in [0.2, 0.25) is 5.91 Å². The third kappa shape index (κ3) is 37.1. The topological polar surface area (TPSA) is 307 Å². The zero-order valence-electron chi connectivity index (χ0n) is 57.3. The molecule has 0 bridgehead atoms. The lowest BCUT2D eigenvalue weighted by Crippen LogP contribution is -2.66. The number of unbranched alkanes of at least 4 members (excludes halogenated alkanes) is 17. The second-order valence-electron chi connectivity index (χ2n) is 25.0. The molecular weight excluding hydrogens is 1210 g/mol. The van der Waals surface area contributed by atoms with Crippen LogP contribution in [0.25, 0.3) is 0 Å². The number of aliphatic hydroxyl groups is 11. The van der Waals surface area contributed by atoms with Gasteiger partial charge in [0.1, 0.15) is 73.2 Å². The number of hydrogen-bond acceptors (Lipinski definition) is 18. The summed E-state index contributed by atoms with van der Waals surface area (Å²) in [5, 5.41) is 120. The van der Waals surface area contributed by atoms with E-state index in [1.807, 2.05) is 6.08 Å². The Morgan fingerprint density at radius 3 is 1.14 bits per heavy atom. The average Bonchev–Trinajstić information content (AvgIpc) is 0.791. The van der Waals surface area contributed by atoms with Gasteiger partial charge in [0.15, 0.2) is 18.9 Å². The van der Waals surface area contributed by atoms with Gasteiger partial charge in [0, 0.05) is 6.42 Å². The van der Waals surface area contributed by atoms with E-state index >= 15 is 0 Å². The monoisotopic (exact) mass is 1340 g/mol. The summed E-state index contributed by atoms with van der Waals surface area (Å²) >= 11 is 0. The van der Waals surface area contributed by atoms with Crippen molar-refractivity contribution in [3.05, 3.63) is 134 Å². The summed E-state index contributed by atoms with van der Waals surface area (Å²) < 4.78 is 34.3. The molecule has 0 spiro atoms. The average molecular weight is 1340 g/mol. The smallest absolute Gasteiger partial charge is 0.220 e. The Morgan fingerprint density at radius 2 is 0.726 bits per heavy atom. The highest BCUT2D eigenvalue weighted by Gasteiger charge is 2.53. The summed E-state index contributed by atoms with van der Waals surface area (Å²) in [4.78, 5) is 13.4. The number of carbonyl (C=O) groups is 1. The molecule has 3 saturated heterocycles. The molecular formula is C76H125NO18. The van der Waals surface area contributed by atoms with Crippen molar-refractivity contribution in [3.63, 3.8) is 0 Å². The molecule has 0 aromatic rings. The van der Waals surface area contributed by atoms with Crippen LogP contribution in [0.15, 0.2) is 134 Å². The Labute approximate surface area is 569 Å². The molecule has 12 N–H and O–H groups in total. The Morgan fingerprint density at radius 1 is 0.389 bits per heavy atom. The molecule has 1 amide bonds. The van der Waals surface area contributed by atoms with E-state index in [0.717, 1.165) is 128 Å². The molecule has 3 rings (SSSR count). The second kappa shape index (κ2) is 55.8. The van der Waals surface area contributed by atoms with Crippen LogP contribution in [0.2, 0.25) is 0 Å². The van der Waals surface area contributed by atoms with E-state index < -0.39 is 124 Å². The molecule has 95 heavy (non-hydrogen) atoms. The van der Waals surface area contributed by atoms with E-state index in [1.165, 1.54) is 51.4 Å². The number of ether oxygens (including phenoxy) is 6. The van der Waals surface area contributed by atoms with Gasteiger partial charge >= 0.3 is 0 Å². The minimum atomic E-state index is -1.99. The van der Waals surface area contributed by atoms with Crippen LogP contribution in [0.3, 0.4) is 0 Å². The Kier molecular flexibility index (Phi) is 50.0. The Balaban J connectivity index is 1.37. The first-order valence-corrected chi connectivity index (χ1v) is 35.9. The highest BCUT2D eigenvalue weighted by Crippen LogP contribution is 2.33. The van der Waals surface area contributed by atoms with Gasteiger partial charge in [-0.15, -0.1) is 0 Å². The molecule has 17 atom stereocenters. The van der Waals surface area contributed by atoms with E-state index in [2.05, 4.69) is 141 Å². The number of hydrogen-bond donors (Lipinski definition) is 12. The van der Waals surface area contributed by atoms with Crippen LogP contribution in [-0.4, -0.2) is 193 Å². The van der Waals surface area contributed by atoms with Crippen molar-refractivity contribution >= 4 is 5.91 Å². The zero-order valence-corrected chi connectivity index (χ0v) is 57.3. The van der Waals surface area contributed by atoms with Gasteiger partial charge in [-0.05, 0) is 96.3 Å². The first kappa shape index (κ1) is 85.2. The van der Waals surface area contributed by atoms with Crippen molar-refractivity contribution in [2.45, 2.75) is 311 Å². The summed E-state index contributed by atoms with van der Waals surface area (Å²) in [5.41, 5.74) is 0. The van der Waals surface area contributed by atoms with Crippen molar-refractivity contribution < 1.29 is 89.4 Å². The van der Waals surface area contributed by atoms with Crippen molar-refractivity contribution in [1.82, 2.24) is 5.32 Å². The van der Waals surface area contributed by atoms with E-state index in [1.54, 1.807) is 6.08 Å². The third-order valence-corrected chi connectivity index (χ3v) is 17.0. The van der Waals surface area contributed by atoms with Crippen molar-refractivity contribution in [3.8, 4) is 0 Å². The van der Waals surface area contributed by atoms with Crippen LogP contribution in [0.1, 0.15) is 206 Å². The number of allylic oxidation sites excluding steroid dienone is 21. The van der Waals surface area contributed by atoms with Crippen molar-refractivity contribution in [1.29, 1.82) is 0 Å². The fourth-order valence-corrected chi connectivity index (χ4v) is 11.2. The molecule has 0 radical (unpaired) electrons. The quantitative estimate of drug-likeness (QED) is 0.0199. The van der Waals surface area contributed by atoms with Gasteiger partial charge in [0.25, 0.3) is 0 Å². The molecule has 19 heteroatoms. The minimum Gasteiger partial charge on any atom is -0.394 e. The standard InChI is InChI=1S/C76H125NO18/c1-3-5-7-9-11-13-15-17-18-19-20-21-22-23-24-25-26-27-28-29-30-31-32-33-34-35-36-37-38-39-40-42-44-46-48-50-52-54-64(82)77-59(60(81)53-51-49-47-45-43-41-16-14-12-10-8-6-4-2)58-90-74-70(88)67(85)72(62(56-79)92-74)95-76-71(89)68(86)73(63(57-80)93-76)94-75-69(87)66(84)65(83)61(55-78)91-75/h5,7,11,13,17-18,20-21,23-24,26-27,29-30,32-33,35-36,38-39,51,53,59-63,65-76,78-81,83-89H,3-4,6,8-10,12,14-16,19,22,25,28,31,34,37,40-50,52,54-58H2,1-2H3,(H,77,82)/b7-5-,13-11-,18-17-,21-20-,24-23-,27-26-,30-29-,33-32-,36-35-,39-38-,53-51+. The fraction of sp³-hybridized carbons (Fsp3) is 0.697. The van der Waals surface area contributed by atoms with E-state index in [9.17, 15) is 61.0 Å². The molecule has 3 heterocycles. The van der Waals surface area contributed by atoms with Gasteiger partial charge in [-0.3, -0.25) is 4.79 Å². The largest absolute Gasteiger partial charge is 0.394 e. The normalized spacial score (nSPS) is 28.0. The lowest BCUT2D eigenvalue weighted by Gasteiger charge is -2.48. The van der Waals surface area contributed by atoms with Crippen molar-refractivity contribution in [2.24, 2.45) is 0 Å². The van der Waals surface area contributed by atoms with E-state index in [4.69, 9.17) is 28.4 Å². The molecule has 0 aromatic heterocycles. The van der Waals surface area contributed by atoms with Crippen LogP contribution < -0.4 is 5.32 Å². The van der Waals surface area contributed by atoms with Gasteiger partial charge in [-0.1, -0.05) is 237 Å². The number of nitrogens with one attached hydrogen (secondary N) is 1. The van der Waals surface area contributed by atoms with Crippen molar-refractivity contribution in [2.75, 3.05) is 26.4 Å². The molecule has 0 aliphatic carbocycles. The minimum absolute atomic E-state index is 0.217. The molecule has 0 saturated carbocycles. The fourth-order valence-electron chi connectivity index (χ4n) is 11.2. The molecule has 3 aliphatic heterocycles. The van der Waals surface area contributed by atoms with Gasteiger partial charge in [0.05, 0.1) is 38.6 Å². The van der Waals surface area contributed by atoms with Gasteiger partial charge < -0.3 is 89.9 Å². The molecule has 3 fully saturated rings. The van der Waals surface area contributed by atoms with Crippen LogP contribution in [0.4, 0.5) is 0 Å². The van der Waals surface area contributed by atoms with Crippen LogP contribution in [-0.2, 0) is 33.2 Å². The van der Waals surface area contributed by atoms with E-state index in [-0.39, 0.29) is 18.9 Å². The maximum Gasteiger partial charge on any atom is 0.220 e. The maximum absolute atomic E-state index is 13.4. The van der Waals surface area contributed by atoms with Gasteiger partial charge in [-0.25, -0.2) is 0 Å². The number of aliphatic hydroxyl groups excluding tert-OH is 11. The lowest BCUT2D eigenvalue weighted by atomic mass is 9.96. The second-order valence-corrected chi connectivity index (χ2v) is 25.0. The predicted molar refractivity (Wildman–Crippen MR) is 373 cm³/mol. The summed E-state index contributed by atoms with van der Waals surface area (Å²) in [6, 6.07) is -0.990. The zero-order chi connectivity index (χ0) is 68.9. The summed E-state index contributed by atoms with van der Waals surface area (Å²) in [6.45, 7) is 1.57. The molecule has 542 valence electrons. The highest BCUT2D eigenvalue weighted by molar-refractivity contribution is 5.76. The summed E-state index contributed by atoms with van der Waals surface area (Å²) in [6.07, 6.45) is 51.5. The molecule has 0 aromatic carbocycles. The predicted octanol–water partition coefficient (Wildman–Crippen LogP) is 10.2. The highest BCUT2D eigenvalue weighted by atomic mass is 16.8. The first-order chi connectivity index (χ1) is 46.3. The Bertz CT molecular complexity index is 2240. The number of carbonyl (C=O) groups excluding carboxylic acids is 1. The van der Waals surface area contributed by atoms with Crippen LogP contribution >= 0.6 is 0 Å². The van der Waals surface area contributed by atoms with E-state index in [0.29, 0.717) is 6.42 Å². The maximum atomic E-state index is 13.4. The summed E-state index contributed by atoms with van der Waals surface area (Å²) in [5.74, 6) is -0.297. The first-order valence-electron chi connectivity index (χ1n) is 35.9. The third-order valence-electron chi connectivity index (χ3n) is 17.0. The Hall–Kier alpha value is -4.07. The number of amides is 1. The molecule has 19 nitrogen and oxygen atoms in total. The molecule has 17 unspecified atom stereocenters. The van der Waals surface area contributed by atoms with Crippen LogP contribution in [0, 0.1) is 0 Å². The number of rotatable bonds is 53. The van der Waals surface area contributed by atoms with Gasteiger partial charge in [-0.2, -0.15) is 0 Å². The SMILES string of the molecule is CC/C=C\C/C=C\C/C=C\C/C=C\C/C=C\C/C=C\C/C=C\C/C=C\C/C=C\C/C=C\CCCCCCCCC(=O)NC(COC1OC(CO)C(OC2OC(CO)C(OC3OC(CO)C(O)C(O)C3O)C(O)C2O)C(O)C1O)C(O)/C=C/CCCCCCCCCCCCC. The van der Waals surface area contributed by atoms with Crippen LogP contribution in [0.5, 0.6) is 0 Å².